The number of aryl methyl sites for hydroxylation is 2. The lowest BCUT2D eigenvalue weighted by Gasteiger charge is -1.91. The Morgan fingerprint density at radius 3 is 2.82 bits per heavy atom. The molecule has 0 spiro atoms. The highest BCUT2D eigenvalue weighted by molar-refractivity contribution is 4.75. The first-order valence-electron chi connectivity index (χ1n) is 3.76. The zero-order valence-corrected chi connectivity index (χ0v) is 6.69. The van der Waals surface area contributed by atoms with Crippen molar-refractivity contribution < 1.29 is 0 Å². The van der Waals surface area contributed by atoms with E-state index in [2.05, 4.69) is 15.4 Å². The molecule has 0 aromatic carbocycles. The Labute approximate surface area is 65.6 Å². The number of nitrogens with zero attached hydrogens (tertiary/aromatic N) is 4. The third kappa shape index (κ3) is 2.63. The van der Waals surface area contributed by atoms with Crippen LogP contribution in [0.15, 0.2) is 0 Å². The maximum atomic E-state index is 5.34. The van der Waals surface area contributed by atoms with E-state index in [9.17, 15) is 0 Å². The molecule has 0 amide bonds. The van der Waals surface area contributed by atoms with Crippen LogP contribution < -0.4 is 5.73 Å². The SMILES string of the molecule is Cn1nnc(CCCCN)n1. The van der Waals surface area contributed by atoms with E-state index in [-0.39, 0.29) is 0 Å². The monoisotopic (exact) mass is 155 g/mol. The molecule has 0 aliphatic heterocycles. The van der Waals surface area contributed by atoms with E-state index in [4.69, 9.17) is 5.73 Å². The van der Waals surface area contributed by atoms with Crippen LogP contribution in [0.25, 0.3) is 0 Å². The molecule has 0 saturated heterocycles. The highest BCUT2D eigenvalue weighted by Crippen LogP contribution is 1.94. The molecule has 1 aromatic heterocycles. The molecule has 1 heterocycles. The quantitative estimate of drug-likeness (QED) is 0.595. The van der Waals surface area contributed by atoms with Crippen LogP contribution in [0.4, 0.5) is 0 Å². The van der Waals surface area contributed by atoms with E-state index in [1.165, 1.54) is 4.80 Å². The first-order chi connectivity index (χ1) is 5.33. The van der Waals surface area contributed by atoms with Crippen LogP contribution in [0.3, 0.4) is 0 Å². The fraction of sp³-hybridized carbons (Fsp3) is 0.833. The minimum absolute atomic E-state index is 0.736. The molecule has 62 valence electrons. The molecule has 0 aliphatic carbocycles. The summed E-state index contributed by atoms with van der Waals surface area (Å²) in [6.07, 6.45) is 2.95. The molecule has 0 fully saturated rings. The van der Waals surface area contributed by atoms with E-state index >= 15 is 0 Å². The van der Waals surface area contributed by atoms with Gasteiger partial charge in [0, 0.05) is 6.42 Å². The normalized spacial score (nSPS) is 10.4. The fourth-order valence-electron chi connectivity index (χ4n) is 0.851. The van der Waals surface area contributed by atoms with Crippen LogP contribution in [0, 0.1) is 0 Å². The van der Waals surface area contributed by atoms with Crippen molar-refractivity contribution in [3.05, 3.63) is 5.82 Å². The number of hydrogen-bond donors (Lipinski definition) is 1. The van der Waals surface area contributed by atoms with Gasteiger partial charge < -0.3 is 5.73 Å². The molecule has 2 N–H and O–H groups in total. The van der Waals surface area contributed by atoms with Gasteiger partial charge in [-0.25, -0.2) is 0 Å². The molecule has 0 radical (unpaired) electrons. The molecule has 0 bridgehead atoms. The molecule has 5 nitrogen and oxygen atoms in total. The lowest BCUT2D eigenvalue weighted by atomic mass is 10.2. The summed E-state index contributed by atoms with van der Waals surface area (Å²) in [4.78, 5) is 1.47. The minimum atomic E-state index is 0.736. The fourth-order valence-corrected chi connectivity index (χ4v) is 0.851. The Hall–Kier alpha value is -0.970. The van der Waals surface area contributed by atoms with E-state index in [1.54, 1.807) is 7.05 Å². The summed E-state index contributed by atoms with van der Waals surface area (Å²) in [5.74, 6) is 0.806. The van der Waals surface area contributed by atoms with Crippen molar-refractivity contribution in [3.63, 3.8) is 0 Å². The number of unbranched alkanes of at least 4 members (excludes halogenated alkanes) is 1. The molecule has 0 atom stereocenters. The summed E-state index contributed by atoms with van der Waals surface area (Å²) in [5.41, 5.74) is 5.34. The second kappa shape index (κ2) is 4.02. The van der Waals surface area contributed by atoms with Gasteiger partial charge in [-0.15, -0.1) is 10.2 Å². The van der Waals surface area contributed by atoms with Crippen molar-refractivity contribution in [1.82, 2.24) is 20.2 Å². The molecule has 0 saturated carbocycles. The van der Waals surface area contributed by atoms with Gasteiger partial charge in [-0.3, -0.25) is 0 Å². The van der Waals surface area contributed by atoms with Crippen LogP contribution in [-0.4, -0.2) is 26.8 Å². The summed E-state index contributed by atoms with van der Waals surface area (Å²) >= 11 is 0. The number of rotatable bonds is 4. The highest BCUT2D eigenvalue weighted by atomic mass is 15.6. The summed E-state index contributed by atoms with van der Waals surface area (Å²) < 4.78 is 0. The van der Waals surface area contributed by atoms with Crippen LogP contribution in [0.5, 0.6) is 0 Å². The molecule has 1 rings (SSSR count). The smallest absolute Gasteiger partial charge is 0.174 e. The molecular weight excluding hydrogens is 142 g/mol. The number of aromatic nitrogens is 4. The molecule has 0 unspecified atom stereocenters. The second-order valence-electron chi connectivity index (χ2n) is 2.44. The number of nitrogens with two attached hydrogens (primary N) is 1. The molecule has 1 aromatic rings. The van der Waals surface area contributed by atoms with Gasteiger partial charge in [-0.2, -0.15) is 4.80 Å². The molecule has 5 heteroatoms. The van der Waals surface area contributed by atoms with Crippen LogP contribution >= 0.6 is 0 Å². The lowest BCUT2D eigenvalue weighted by molar-refractivity contribution is 0.625. The van der Waals surface area contributed by atoms with Gasteiger partial charge in [0.1, 0.15) is 0 Å². The van der Waals surface area contributed by atoms with Crippen molar-refractivity contribution >= 4 is 0 Å². The van der Waals surface area contributed by atoms with Crippen LogP contribution in [0.1, 0.15) is 18.7 Å². The maximum Gasteiger partial charge on any atom is 0.174 e. The van der Waals surface area contributed by atoms with Crippen molar-refractivity contribution in [1.29, 1.82) is 0 Å². The summed E-state index contributed by atoms with van der Waals surface area (Å²) in [6.45, 7) is 0.736. The highest BCUT2D eigenvalue weighted by Gasteiger charge is 1.97. The Kier molecular flexibility index (Phi) is 2.97. The van der Waals surface area contributed by atoms with E-state index in [0.29, 0.717) is 0 Å². The summed E-state index contributed by atoms with van der Waals surface area (Å²) in [6, 6.07) is 0. The lowest BCUT2D eigenvalue weighted by Crippen LogP contribution is -2.00. The molecule has 11 heavy (non-hydrogen) atoms. The number of tetrazole rings is 1. The standard InChI is InChI=1S/C6H13N5/c1-11-9-6(8-10-11)4-2-3-5-7/h2-5,7H2,1H3. The van der Waals surface area contributed by atoms with Gasteiger partial charge in [0.25, 0.3) is 0 Å². The first kappa shape index (κ1) is 8.13. The summed E-state index contributed by atoms with van der Waals surface area (Å²) in [5, 5.41) is 11.6. The Morgan fingerprint density at radius 2 is 2.27 bits per heavy atom. The largest absolute Gasteiger partial charge is 0.330 e. The van der Waals surface area contributed by atoms with Gasteiger partial charge >= 0.3 is 0 Å². The third-order valence-corrected chi connectivity index (χ3v) is 1.40. The Morgan fingerprint density at radius 1 is 1.45 bits per heavy atom. The molecular formula is C6H13N5. The zero-order chi connectivity index (χ0) is 8.10. The maximum absolute atomic E-state index is 5.34. The van der Waals surface area contributed by atoms with Crippen molar-refractivity contribution in [2.45, 2.75) is 19.3 Å². The average molecular weight is 155 g/mol. The van der Waals surface area contributed by atoms with Crippen LogP contribution in [-0.2, 0) is 13.5 Å². The minimum Gasteiger partial charge on any atom is -0.330 e. The zero-order valence-electron chi connectivity index (χ0n) is 6.69. The van der Waals surface area contributed by atoms with Crippen molar-refractivity contribution in [3.8, 4) is 0 Å². The topological polar surface area (TPSA) is 69.6 Å². The van der Waals surface area contributed by atoms with Crippen molar-refractivity contribution in [2.24, 2.45) is 12.8 Å². The van der Waals surface area contributed by atoms with E-state index in [0.717, 1.165) is 31.6 Å². The average Bonchev–Trinajstić information content (AvgIpc) is 2.37. The van der Waals surface area contributed by atoms with Gasteiger partial charge in [0.2, 0.25) is 0 Å². The Balaban J connectivity index is 2.27. The Bertz CT molecular complexity index is 206. The summed E-state index contributed by atoms with van der Waals surface area (Å²) in [7, 11) is 1.76. The third-order valence-electron chi connectivity index (χ3n) is 1.40. The predicted molar refractivity (Wildman–Crippen MR) is 40.8 cm³/mol. The van der Waals surface area contributed by atoms with Gasteiger partial charge in [-0.05, 0) is 24.6 Å². The van der Waals surface area contributed by atoms with Gasteiger partial charge in [0.05, 0.1) is 7.05 Å². The van der Waals surface area contributed by atoms with Crippen molar-refractivity contribution in [2.75, 3.05) is 6.54 Å². The van der Waals surface area contributed by atoms with E-state index < -0.39 is 0 Å². The van der Waals surface area contributed by atoms with Gasteiger partial charge in [-0.1, -0.05) is 0 Å². The predicted octanol–water partition coefficient (Wildman–Crippen LogP) is -0.508. The molecule has 0 aliphatic rings. The first-order valence-corrected chi connectivity index (χ1v) is 3.76. The number of hydrogen-bond acceptors (Lipinski definition) is 4. The van der Waals surface area contributed by atoms with Crippen LogP contribution in [0.2, 0.25) is 0 Å². The second-order valence-corrected chi connectivity index (χ2v) is 2.44. The van der Waals surface area contributed by atoms with Gasteiger partial charge in [0.15, 0.2) is 5.82 Å². The van der Waals surface area contributed by atoms with E-state index in [1.807, 2.05) is 0 Å².